The molecule has 0 aliphatic carbocycles. The van der Waals surface area contributed by atoms with E-state index < -0.39 is 0 Å². The fraction of sp³-hybridized carbons (Fsp3) is 0.583. The Morgan fingerprint density at radius 3 is 3.19 bits per heavy atom. The van der Waals surface area contributed by atoms with Gasteiger partial charge >= 0.3 is 0 Å². The van der Waals surface area contributed by atoms with Crippen molar-refractivity contribution in [2.24, 2.45) is 0 Å². The summed E-state index contributed by atoms with van der Waals surface area (Å²) in [4.78, 5) is 4.21. The van der Waals surface area contributed by atoms with Gasteiger partial charge in [-0.05, 0) is 30.9 Å². The lowest BCUT2D eigenvalue weighted by Crippen LogP contribution is -2.38. The zero-order chi connectivity index (χ0) is 10.8. The average Bonchev–Trinajstić information content (AvgIpc) is 2.94. The number of fused-ring (bicyclic) bond motifs is 5. The first-order valence-electron chi connectivity index (χ1n) is 5.83. The Hall–Kier alpha value is -0.640. The molecule has 3 nitrogen and oxygen atoms in total. The minimum Gasteiger partial charge on any atom is -0.364 e. The summed E-state index contributed by atoms with van der Waals surface area (Å²) >= 11 is 5.92. The van der Waals surface area contributed by atoms with Gasteiger partial charge in [0.1, 0.15) is 10.8 Å². The molecule has 84 valence electrons. The number of hydrogen-bond donors (Lipinski definition) is 1. The van der Waals surface area contributed by atoms with Crippen molar-refractivity contribution >= 4 is 11.6 Å². The maximum atomic E-state index is 6.10. The second-order valence-electron chi connectivity index (χ2n) is 5.04. The first-order valence-corrected chi connectivity index (χ1v) is 6.21. The summed E-state index contributed by atoms with van der Waals surface area (Å²) in [6.07, 6.45) is 5.50. The van der Waals surface area contributed by atoms with Crippen LogP contribution in [0.5, 0.6) is 0 Å². The molecule has 3 atom stereocenters. The molecule has 3 aliphatic rings. The molecular weight excluding hydrogens is 224 g/mol. The van der Waals surface area contributed by atoms with Crippen molar-refractivity contribution in [3.8, 4) is 0 Å². The molecule has 1 aromatic heterocycles. The van der Waals surface area contributed by atoms with Gasteiger partial charge < -0.3 is 10.1 Å². The van der Waals surface area contributed by atoms with Gasteiger partial charge in [0.2, 0.25) is 0 Å². The van der Waals surface area contributed by atoms with E-state index in [0.29, 0.717) is 23.8 Å². The van der Waals surface area contributed by atoms with Gasteiger partial charge in [0.05, 0.1) is 6.61 Å². The number of hydrogen-bond acceptors (Lipinski definition) is 3. The van der Waals surface area contributed by atoms with Crippen LogP contribution in [0.15, 0.2) is 12.3 Å². The van der Waals surface area contributed by atoms with Crippen molar-refractivity contribution in [1.82, 2.24) is 10.3 Å². The van der Waals surface area contributed by atoms with Crippen LogP contribution in [0.4, 0.5) is 0 Å². The molecule has 0 amide bonds. The SMILES string of the molecule is Clc1cc2c(cn1)C1(CC3CCC1N3)OC2. The molecule has 2 bridgehead atoms. The number of nitrogens with zero attached hydrogens (tertiary/aromatic N) is 1. The van der Waals surface area contributed by atoms with Crippen LogP contribution in [-0.4, -0.2) is 17.1 Å². The molecule has 0 radical (unpaired) electrons. The molecule has 0 aromatic carbocycles. The van der Waals surface area contributed by atoms with E-state index in [4.69, 9.17) is 16.3 Å². The Labute approximate surface area is 99.2 Å². The number of nitrogens with one attached hydrogen (secondary N) is 1. The molecule has 16 heavy (non-hydrogen) atoms. The number of aromatic nitrogens is 1. The third-order valence-corrected chi connectivity index (χ3v) is 4.46. The van der Waals surface area contributed by atoms with Crippen LogP contribution in [0.25, 0.3) is 0 Å². The molecule has 3 aliphatic heterocycles. The van der Waals surface area contributed by atoms with Gasteiger partial charge in [-0.25, -0.2) is 4.98 Å². The van der Waals surface area contributed by atoms with Crippen molar-refractivity contribution < 1.29 is 4.74 Å². The third kappa shape index (κ3) is 1.04. The molecule has 1 aromatic rings. The second kappa shape index (κ2) is 2.97. The maximum Gasteiger partial charge on any atom is 0.129 e. The van der Waals surface area contributed by atoms with Gasteiger partial charge in [-0.1, -0.05) is 11.6 Å². The van der Waals surface area contributed by atoms with Crippen molar-refractivity contribution in [2.75, 3.05) is 0 Å². The lowest BCUT2D eigenvalue weighted by Gasteiger charge is -2.32. The van der Waals surface area contributed by atoms with Gasteiger partial charge in [0.15, 0.2) is 0 Å². The van der Waals surface area contributed by atoms with Crippen LogP contribution in [0, 0.1) is 0 Å². The summed E-state index contributed by atoms with van der Waals surface area (Å²) in [7, 11) is 0. The monoisotopic (exact) mass is 236 g/mol. The molecular formula is C12H13ClN2O. The molecule has 1 N–H and O–H groups in total. The van der Waals surface area contributed by atoms with E-state index in [2.05, 4.69) is 10.3 Å². The molecule has 2 saturated heterocycles. The van der Waals surface area contributed by atoms with Gasteiger partial charge in [-0.2, -0.15) is 0 Å². The highest BCUT2D eigenvalue weighted by molar-refractivity contribution is 6.29. The number of rotatable bonds is 0. The normalized spacial score (nSPS) is 39.6. The molecule has 1 spiro atoms. The van der Waals surface area contributed by atoms with E-state index >= 15 is 0 Å². The summed E-state index contributed by atoms with van der Waals surface area (Å²) in [5.41, 5.74) is 2.38. The number of halogens is 1. The summed E-state index contributed by atoms with van der Waals surface area (Å²) in [6, 6.07) is 3.05. The van der Waals surface area contributed by atoms with Crippen molar-refractivity contribution in [2.45, 2.75) is 43.6 Å². The summed E-state index contributed by atoms with van der Waals surface area (Å²) < 4.78 is 6.10. The molecule has 2 fully saturated rings. The van der Waals surface area contributed by atoms with Crippen LogP contribution in [0.1, 0.15) is 30.4 Å². The van der Waals surface area contributed by atoms with E-state index in [9.17, 15) is 0 Å². The third-order valence-electron chi connectivity index (χ3n) is 4.25. The van der Waals surface area contributed by atoms with Crippen LogP contribution < -0.4 is 5.32 Å². The molecule has 0 saturated carbocycles. The Bertz CT molecular complexity index is 464. The number of ether oxygens (including phenoxy) is 1. The zero-order valence-corrected chi connectivity index (χ0v) is 9.63. The fourth-order valence-electron chi connectivity index (χ4n) is 3.57. The first-order chi connectivity index (χ1) is 7.78. The van der Waals surface area contributed by atoms with Crippen LogP contribution in [0.3, 0.4) is 0 Å². The van der Waals surface area contributed by atoms with Crippen molar-refractivity contribution in [3.05, 3.63) is 28.5 Å². The van der Waals surface area contributed by atoms with Gasteiger partial charge in [-0.15, -0.1) is 0 Å². The fourth-order valence-corrected chi connectivity index (χ4v) is 3.75. The van der Waals surface area contributed by atoms with Crippen molar-refractivity contribution in [3.63, 3.8) is 0 Å². The second-order valence-corrected chi connectivity index (χ2v) is 5.43. The quantitative estimate of drug-likeness (QED) is 0.700. The molecule has 4 rings (SSSR count). The summed E-state index contributed by atoms with van der Waals surface area (Å²) in [5.74, 6) is 0. The average molecular weight is 237 g/mol. The highest BCUT2D eigenvalue weighted by Gasteiger charge is 2.56. The lowest BCUT2D eigenvalue weighted by molar-refractivity contribution is -0.0550. The van der Waals surface area contributed by atoms with Crippen LogP contribution in [0.2, 0.25) is 5.15 Å². The Balaban J connectivity index is 1.84. The van der Waals surface area contributed by atoms with Crippen LogP contribution >= 0.6 is 11.6 Å². The Kier molecular flexibility index (Phi) is 1.75. The van der Waals surface area contributed by atoms with Crippen LogP contribution in [-0.2, 0) is 16.9 Å². The van der Waals surface area contributed by atoms with E-state index in [0.717, 1.165) is 6.42 Å². The Morgan fingerprint density at radius 2 is 2.44 bits per heavy atom. The topological polar surface area (TPSA) is 34.2 Å². The smallest absolute Gasteiger partial charge is 0.129 e. The Morgan fingerprint density at radius 1 is 1.50 bits per heavy atom. The molecule has 4 heterocycles. The van der Waals surface area contributed by atoms with E-state index in [1.54, 1.807) is 0 Å². The largest absolute Gasteiger partial charge is 0.364 e. The minimum absolute atomic E-state index is 0.101. The lowest BCUT2D eigenvalue weighted by atomic mass is 9.80. The van der Waals surface area contributed by atoms with Gasteiger partial charge in [-0.3, -0.25) is 0 Å². The predicted octanol–water partition coefficient (Wildman–Crippen LogP) is 1.98. The van der Waals surface area contributed by atoms with E-state index in [1.807, 2.05) is 12.3 Å². The molecule has 4 heteroatoms. The summed E-state index contributed by atoms with van der Waals surface area (Å²) in [5, 5.41) is 4.20. The highest BCUT2D eigenvalue weighted by atomic mass is 35.5. The minimum atomic E-state index is -0.101. The highest BCUT2D eigenvalue weighted by Crippen LogP contribution is 2.51. The molecule has 3 unspecified atom stereocenters. The summed E-state index contributed by atoms with van der Waals surface area (Å²) in [6.45, 7) is 0.683. The van der Waals surface area contributed by atoms with Crippen molar-refractivity contribution in [1.29, 1.82) is 0 Å². The predicted molar refractivity (Wildman–Crippen MR) is 60.3 cm³/mol. The zero-order valence-electron chi connectivity index (χ0n) is 8.87. The standard InChI is InChI=1S/C12H13ClN2O/c13-11-3-7-6-16-12(9(7)5-14-11)4-8-1-2-10(12)15-8/h3,5,8,10,15H,1-2,4,6H2. The maximum absolute atomic E-state index is 6.10. The van der Waals surface area contributed by atoms with Gasteiger partial charge in [0, 0.05) is 23.8 Å². The van der Waals surface area contributed by atoms with Gasteiger partial charge in [0.25, 0.3) is 0 Å². The first kappa shape index (κ1) is 9.40. The number of pyridine rings is 1. The van der Waals surface area contributed by atoms with E-state index in [1.165, 1.54) is 24.0 Å². The van der Waals surface area contributed by atoms with E-state index in [-0.39, 0.29) is 5.60 Å².